The van der Waals surface area contributed by atoms with E-state index in [4.69, 9.17) is 4.52 Å². The molecule has 0 radical (unpaired) electrons. The third-order valence-electron chi connectivity index (χ3n) is 1.58. The quantitative estimate of drug-likeness (QED) is 0.725. The van der Waals surface area contributed by atoms with Gasteiger partial charge in [-0.25, -0.2) is 4.39 Å². The summed E-state index contributed by atoms with van der Waals surface area (Å²) >= 11 is 5.12. The van der Waals surface area contributed by atoms with E-state index >= 15 is 0 Å². The molecule has 14 heavy (non-hydrogen) atoms. The van der Waals surface area contributed by atoms with Gasteiger partial charge in [-0.05, 0) is 28.1 Å². The van der Waals surface area contributed by atoms with E-state index in [1.807, 2.05) is 22.6 Å². The predicted molar refractivity (Wildman–Crippen MR) is 60.1 cm³/mol. The fourth-order valence-corrected chi connectivity index (χ4v) is 1.84. The standard InChI is InChI=1S/C8H3BrFIN2O/c9-4-2-1-3-5(10)6(4)7-12-8(11)13-14-7/h1-3H. The molecule has 0 N–H and O–H groups in total. The van der Waals surface area contributed by atoms with Gasteiger partial charge in [0.15, 0.2) is 0 Å². The van der Waals surface area contributed by atoms with Gasteiger partial charge in [-0.2, -0.15) is 4.98 Å². The summed E-state index contributed by atoms with van der Waals surface area (Å²) in [7, 11) is 0. The van der Waals surface area contributed by atoms with Gasteiger partial charge in [0.05, 0.1) is 5.56 Å². The summed E-state index contributed by atoms with van der Waals surface area (Å²) in [4.78, 5) is 3.94. The monoisotopic (exact) mass is 368 g/mol. The number of halogens is 3. The first-order chi connectivity index (χ1) is 6.68. The minimum atomic E-state index is -0.389. The van der Waals surface area contributed by atoms with E-state index in [9.17, 15) is 4.39 Å². The number of nitrogens with zero attached hydrogens (tertiary/aromatic N) is 2. The lowest BCUT2D eigenvalue weighted by atomic mass is 10.2. The Balaban J connectivity index is 2.61. The smallest absolute Gasteiger partial charge is 0.262 e. The summed E-state index contributed by atoms with van der Waals surface area (Å²) < 4.78 is 19.3. The largest absolute Gasteiger partial charge is 0.333 e. The maximum absolute atomic E-state index is 13.4. The molecule has 0 unspecified atom stereocenters. The van der Waals surface area contributed by atoms with Crippen LogP contribution in [0.1, 0.15) is 0 Å². The van der Waals surface area contributed by atoms with Gasteiger partial charge >= 0.3 is 0 Å². The third kappa shape index (κ3) is 1.81. The van der Waals surface area contributed by atoms with E-state index in [2.05, 4.69) is 26.1 Å². The van der Waals surface area contributed by atoms with E-state index in [1.54, 1.807) is 12.1 Å². The molecule has 2 rings (SSSR count). The molecule has 3 nitrogen and oxygen atoms in total. The van der Waals surface area contributed by atoms with Crippen LogP contribution in [-0.2, 0) is 0 Å². The minimum absolute atomic E-state index is 0.180. The number of aromatic nitrogens is 2. The van der Waals surface area contributed by atoms with Crippen LogP contribution in [0.4, 0.5) is 4.39 Å². The van der Waals surface area contributed by atoms with Crippen molar-refractivity contribution in [2.24, 2.45) is 0 Å². The SMILES string of the molecule is Fc1cccc(Br)c1-c1nc(I)no1. The van der Waals surface area contributed by atoms with Crippen LogP contribution in [0, 0.1) is 9.65 Å². The Kier molecular flexibility index (Phi) is 2.82. The van der Waals surface area contributed by atoms with E-state index < -0.39 is 0 Å². The highest BCUT2D eigenvalue weighted by Crippen LogP contribution is 2.29. The van der Waals surface area contributed by atoms with Crippen LogP contribution in [-0.4, -0.2) is 10.1 Å². The molecule has 0 amide bonds. The molecule has 1 heterocycles. The van der Waals surface area contributed by atoms with Crippen LogP contribution in [0.15, 0.2) is 27.2 Å². The van der Waals surface area contributed by atoms with Crippen LogP contribution >= 0.6 is 38.5 Å². The lowest BCUT2D eigenvalue weighted by molar-refractivity contribution is 0.423. The van der Waals surface area contributed by atoms with E-state index in [1.165, 1.54) is 6.07 Å². The van der Waals surface area contributed by atoms with Crippen molar-refractivity contribution in [2.45, 2.75) is 0 Å². The molecule has 0 fully saturated rings. The molecule has 1 aromatic carbocycles. The van der Waals surface area contributed by atoms with Gasteiger partial charge < -0.3 is 4.52 Å². The minimum Gasteiger partial charge on any atom is -0.333 e. The molecule has 6 heteroatoms. The van der Waals surface area contributed by atoms with Crippen LogP contribution in [0.3, 0.4) is 0 Å². The fraction of sp³-hybridized carbons (Fsp3) is 0. The van der Waals surface area contributed by atoms with Crippen LogP contribution in [0.25, 0.3) is 11.5 Å². The Bertz CT molecular complexity index is 454. The average molecular weight is 369 g/mol. The van der Waals surface area contributed by atoms with E-state index in [0.717, 1.165) is 0 Å². The highest BCUT2D eigenvalue weighted by atomic mass is 127. The van der Waals surface area contributed by atoms with Gasteiger partial charge in [0, 0.05) is 27.1 Å². The molecular weight excluding hydrogens is 366 g/mol. The predicted octanol–water partition coefficient (Wildman–Crippen LogP) is 3.24. The maximum atomic E-state index is 13.4. The van der Waals surface area contributed by atoms with Crippen molar-refractivity contribution < 1.29 is 8.91 Å². The Labute approximate surface area is 101 Å². The third-order valence-corrected chi connectivity index (χ3v) is 2.68. The maximum Gasteiger partial charge on any atom is 0.262 e. The second-order valence-electron chi connectivity index (χ2n) is 2.47. The molecule has 0 saturated carbocycles. The summed E-state index contributed by atoms with van der Waals surface area (Å²) in [6, 6.07) is 4.66. The Morgan fingerprint density at radius 2 is 2.21 bits per heavy atom. The van der Waals surface area contributed by atoms with Crippen molar-refractivity contribution >= 4 is 38.5 Å². The normalized spacial score (nSPS) is 10.5. The average Bonchev–Trinajstić information content (AvgIpc) is 2.51. The van der Waals surface area contributed by atoms with Crippen molar-refractivity contribution in [3.05, 3.63) is 32.3 Å². The first-order valence-electron chi connectivity index (χ1n) is 3.62. The zero-order valence-electron chi connectivity index (χ0n) is 6.67. The number of hydrogen-bond donors (Lipinski definition) is 0. The first-order valence-corrected chi connectivity index (χ1v) is 5.49. The van der Waals surface area contributed by atoms with Crippen molar-refractivity contribution in [2.75, 3.05) is 0 Å². The summed E-state index contributed by atoms with van der Waals surface area (Å²) in [5, 5.41) is 3.59. The summed E-state index contributed by atoms with van der Waals surface area (Å²) in [5.74, 6) is -0.209. The van der Waals surface area contributed by atoms with Crippen LogP contribution in [0.5, 0.6) is 0 Å². The van der Waals surface area contributed by atoms with Gasteiger partial charge in [0.2, 0.25) is 3.83 Å². The van der Waals surface area contributed by atoms with Gasteiger partial charge in [-0.1, -0.05) is 11.2 Å². The molecule has 0 spiro atoms. The molecular formula is C8H3BrFIN2O. The number of benzene rings is 1. The molecule has 0 saturated heterocycles. The Morgan fingerprint density at radius 1 is 1.43 bits per heavy atom. The summed E-state index contributed by atoms with van der Waals surface area (Å²) in [6.45, 7) is 0. The van der Waals surface area contributed by atoms with Gasteiger partial charge in [0.1, 0.15) is 5.82 Å². The van der Waals surface area contributed by atoms with Crippen molar-refractivity contribution in [1.82, 2.24) is 10.1 Å². The van der Waals surface area contributed by atoms with Crippen molar-refractivity contribution in [3.8, 4) is 11.5 Å². The number of rotatable bonds is 1. The molecule has 2 aromatic rings. The molecule has 0 atom stereocenters. The number of hydrogen-bond acceptors (Lipinski definition) is 3. The lowest BCUT2D eigenvalue weighted by Gasteiger charge is -1.98. The first kappa shape index (κ1) is 10.0. The molecule has 0 aliphatic rings. The summed E-state index contributed by atoms with van der Waals surface area (Å²) in [6.07, 6.45) is 0. The van der Waals surface area contributed by atoms with Crippen molar-refractivity contribution in [1.29, 1.82) is 0 Å². The molecule has 0 bridgehead atoms. The van der Waals surface area contributed by atoms with Gasteiger partial charge in [-0.3, -0.25) is 0 Å². The molecule has 72 valence electrons. The van der Waals surface area contributed by atoms with Crippen LogP contribution < -0.4 is 0 Å². The van der Waals surface area contributed by atoms with Gasteiger partial charge in [0.25, 0.3) is 5.89 Å². The highest BCUT2D eigenvalue weighted by Gasteiger charge is 2.15. The molecule has 1 aromatic heterocycles. The topological polar surface area (TPSA) is 38.9 Å². The second-order valence-corrected chi connectivity index (χ2v) is 4.28. The van der Waals surface area contributed by atoms with E-state index in [-0.39, 0.29) is 11.7 Å². The highest BCUT2D eigenvalue weighted by molar-refractivity contribution is 14.1. The molecule has 0 aliphatic heterocycles. The van der Waals surface area contributed by atoms with Gasteiger partial charge in [-0.15, -0.1) is 0 Å². The lowest BCUT2D eigenvalue weighted by Crippen LogP contribution is -1.85. The zero-order chi connectivity index (χ0) is 10.1. The fourth-order valence-electron chi connectivity index (χ4n) is 1.01. The Morgan fingerprint density at radius 3 is 2.79 bits per heavy atom. The zero-order valence-corrected chi connectivity index (χ0v) is 10.4. The Hall–Kier alpha value is -0.500. The van der Waals surface area contributed by atoms with E-state index in [0.29, 0.717) is 13.9 Å². The van der Waals surface area contributed by atoms with Crippen molar-refractivity contribution in [3.63, 3.8) is 0 Å². The molecule has 0 aliphatic carbocycles. The summed E-state index contributed by atoms with van der Waals surface area (Å²) in [5.41, 5.74) is 0.294. The second kappa shape index (κ2) is 3.93. The van der Waals surface area contributed by atoms with Crippen LogP contribution in [0.2, 0.25) is 0 Å².